The van der Waals surface area contributed by atoms with Gasteiger partial charge in [0.15, 0.2) is 4.67 Å². The Hall–Kier alpha value is -0.580. The summed E-state index contributed by atoms with van der Waals surface area (Å²) in [6, 6.07) is 1.94. The van der Waals surface area contributed by atoms with E-state index in [1.165, 1.54) is 0 Å². The van der Waals surface area contributed by atoms with Crippen LogP contribution in [-0.4, -0.2) is 0 Å². The van der Waals surface area contributed by atoms with E-state index in [-0.39, 0.29) is 6.04 Å². The molecule has 0 radical (unpaired) electrons. The molecule has 0 saturated heterocycles. The number of hydrazine groups is 1. The van der Waals surface area contributed by atoms with Crippen molar-refractivity contribution in [1.82, 2.24) is 5.43 Å². The first-order valence-electron chi connectivity index (χ1n) is 3.59. The van der Waals surface area contributed by atoms with E-state index in [0.29, 0.717) is 4.67 Å². The molecule has 0 saturated carbocycles. The van der Waals surface area contributed by atoms with E-state index in [9.17, 15) is 0 Å². The third-order valence-corrected chi connectivity index (χ3v) is 2.27. The zero-order chi connectivity index (χ0) is 8.97. The molecule has 0 fully saturated rings. The molecule has 0 amide bonds. The summed E-state index contributed by atoms with van der Waals surface area (Å²) < 4.78 is 5.80. The fourth-order valence-corrected chi connectivity index (χ4v) is 1.52. The van der Waals surface area contributed by atoms with Crippen LogP contribution in [0.4, 0.5) is 0 Å². The van der Waals surface area contributed by atoms with E-state index >= 15 is 0 Å². The average Bonchev–Trinajstić information content (AvgIpc) is 2.47. The van der Waals surface area contributed by atoms with Crippen molar-refractivity contribution in [3.05, 3.63) is 35.2 Å². The predicted molar refractivity (Wildman–Crippen MR) is 51.3 cm³/mol. The van der Waals surface area contributed by atoms with Gasteiger partial charge in [-0.15, -0.1) is 6.58 Å². The smallest absolute Gasteiger partial charge is 0.173 e. The first-order valence-corrected chi connectivity index (χ1v) is 4.38. The third-order valence-electron chi connectivity index (χ3n) is 1.63. The molecule has 0 aliphatic carbocycles. The summed E-state index contributed by atoms with van der Waals surface area (Å²) in [5, 5.41) is 0. The van der Waals surface area contributed by atoms with E-state index in [1.54, 1.807) is 6.26 Å². The SMILES string of the molecule is C=CCC(NN)c1ccoc1Br. The van der Waals surface area contributed by atoms with E-state index in [4.69, 9.17) is 10.3 Å². The van der Waals surface area contributed by atoms with Gasteiger partial charge in [0, 0.05) is 5.56 Å². The normalized spacial score (nSPS) is 12.8. The van der Waals surface area contributed by atoms with Gasteiger partial charge in [0.25, 0.3) is 0 Å². The van der Waals surface area contributed by atoms with Crippen LogP contribution in [0.2, 0.25) is 0 Å². The lowest BCUT2D eigenvalue weighted by Gasteiger charge is -2.11. The topological polar surface area (TPSA) is 51.2 Å². The van der Waals surface area contributed by atoms with Gasteiger partial charge in [0.2, 0.25) is 0 Å². The summed E-state index contributed by atoms with van der Waals surface area (Å²) in [5.41, 5.74) is 3.70. The maximum Gasteiger partial charge on any atom is 0.173 e. The van der Waals surface area contributed by atoms with Gasteiger partial charge >= 0.3 is 0 Å². The van der Waals surface area contributed by atoms with E-state index in [2.05, 4.69) is 27.9 Å². The zero-order valence-corrected chi connectivity index (χ0v) is 8.17. The first kappa shape index (κ1) is 9.51. The van der Waals surface area contributed by atoms with Gasteiger partial charge < -0.3 is 4.42 Å². The van der Waals surface area contributed by atoms with Crippen LogP contribution in [-0.2, 0) is 0 Å². The number of halogens is 1. The van der Waals surface area contributed by atoms with Crippen molar-refractivity contribution in [1.29, 1.82) is 0 Å². The molecular formula is C8H11BrN2O. The minimum atomic E-state index is 0.0654. The standard InChI is InChI=1S/C8H11BrN2O/c1-2-3-7(11-10)6-4-5-12-8(6)9/h2,4-5,7,11H,1,3,10H2. The van der Waals surface area contributed by atoms with Crippen LogP contribution in [0, 0.1) is 0 Å². The molecule has 1 aromatic heterocycles. The van der Waals surface area contributed by atoms with Crippen molar-refractivity contribution >= 4 is 15.9 Å². The quantitative estimate of drug-likeness (QED) is 0.474. The molecule has 0 spiro atoms. The Morgan fingerprint density at radius 1 is 1.83 bits per heavy atom. The van der Waals surface area contributed by atoms with Crippen molar-refractivity contribution in [3.63, 3.8) is 0 Å². The number of nitrogens with one attached hydrogen (secondary N) is 1. The fourth-order valence-electron chi connectivity index (χ4n) is 1.01. The summed E-state index contributed by atoms with van der Waals surface area (Å²) in [7, 11) is 0. The Morgan fingerprint density at radius 2 is 2.58 bits per heavy atom. The predicted octanol–water partition coefficient (Wildman–Crippen LogP) is 2.12. The third kappa shape index (κ3) is 1.97. The molecule has 12 heavy (non-hydrogen) atoms. The lowest BCUT2D eigenvalue weighted by molar-refractivity contribution is 0.510. The lowest BCUT2D eigenvalue weighted by Crippen LogP contribution is -2.27. The largest absolute Gasteiger partial charge is 0.457 e. The van der Waals surface area contributed by atoms with Crippen molar-refractivity contribution in [2.45, 2.75) is 12.5 Å². The molecule has 4 heteroatoms. The van der Waals surface area contributed by atoms with Crippen LogP contribution < -0.4 is 11.3 Å². The van der Waals surface area contributed by atoms with E-state index in [0.717, 1.165) is 12.0 Å². The number of hydrogen-bond acceptors (Lipinski definition) is 3. The summed E-state index contributed by atoms with van der Waals surface area (Å²) >= 11 is 3.28. The maximum absolute atomic E-state index is 5.36. The number of nitrogens with two attached hydrogens (primary N) is 1. The highest BCUT2D eigenvalue weighted by atomic mass is 79.9. The average molecular weight is 231 g/mol. The molecule has 1 rings (SSSR count). The van der Waals surface area contributed by atoms with Crippen LogP contribution in [0.3, 0.4) is 0 Å². The molecule has 66 valence electrons. The second-order valence-corrected chi connectivity index (χ2v) is 3.11. The van der Waals surface area contributed by atoms with Crippen LogP contribution >= 0.6 is 15.9 Å². The highest BCUT2D eigenvalue weighted by Gasteiger charge is 2.12. The molecule has 0 aliphatic heterocycles. The number of rotatable bonds is 4. The van der Waals surface area contributed by atoms with Crippen LogP contribution in [0.1, 0.15) is 18.0 Å². The van der Waals surface area contributed by atoms with E-state index in [1.807, 2.05) is 12.1 Å². The second kappa shape index (κ2) is 4.45. The number of hydrogen-bond donors (Lipinski definition) is 2. The Kier molecular flexibility index (Phi) is 3.52. The van der Waals surface area contributed by atoms with E-state index < -0.39 is 0 Å². The van der Waals surface area contributed by atoms with Gasteiger partial charge in [0.05, 0.1) is 12.3 Å². The number of furan rings is 1. The molecule has 0 aromatic carbocycles. The lowest BCUT2D eigenvalue weighted by atomic mass is 10.1. The summed E-state index contributed by atoms with van der Waals surface area (Å²) in [6.45, 7) is 3.65. The Balaban J connectivity index is 2.78. The van der Waals surface area contributed by atoms with Crippen LogP contribution in [0.5, 0.6) is 0 Å². The zero-order valence-electron chi connectivity index (χ0n) is 6.59. The molecule has 1 unspecified atom stereocenters. The van der Waals surface area contributed by atoms with Gasteiger partial charge in [0.1, 0.15) is 0 Å². The van der Waals surface area contributed by atoms with Crippen molar-refractivity contribution in [2.75, 3.05) is 0 Å². The minimum absolute atomic E-state index is 0.0654. The highest BCUT2D eigenvalue weighted by molar-refractivity contribution is 9.10. The molecule has 3 N–H and O–H groups in total. The van der Waals surface area contributed by atoms with Crippen molar-refractivity contribution < 1.29 is 4.42 Å². The van der Waals surface area contributed by atoms with Gasteiger partial charge in [-0.05, 0) is 28.4 Å². The Morgan fingerprint density at radius 3 is 3.00 bits per heavy atom. The molecule has 1 heterocycles. The molecule has 0 aliphatic rings. The summed E-state index contributed by atoms with van der Waals surface area (Å²) in [4.78, 5) is 0. The second-order valence-electron chi connectivity index (χ2n) is 2.39. The summed E-state index contributed by atoms with van der Waals surface area (Å²) in [5.74, 6) is 5.36. The highest BCUT2D eigenvalue weighted by Crippen LogP contribution is 2.26. The minimum Gasteiger partial charge on any atom is -0.457 e. The monoisotopic (exact) mass is 230 g/mol. The van der Waals surface area contributed by atoms with Crippen molar-refractivity contribution in [3.8, 4) is 0 Å². The van der Waals surface area contributed by atoms with Gasteiger partial charge in [-0.3, -0.25) is 11.3 Å². The Bertz CT molecular complexity index is 259. The molecule has 3 nitrogen and oxygen atoms in total. The molecule has 0 bridgehead atoms. The van der Waals surface area contributed by atoms with Gasteiger partial charge in [-0.2, -0.15) is 0 Å². The first-order chi connectivity index (χ1) is 5.79. The van der Waals surface area contributed by atoms with Crippen LogP contribution in [0.25, 0.3) is 0 Å². The molecular weight excluding hydrogens is 220 g/mol. The Labute approximate surface area is 79.7 Å². The van der Waals surface area contributed by atoms with Crippen molar-refractivity contribution in [2.24, 2.45) is 5.84 Å². The van der Waals surface area contributed by atoms with Gasteiger partial charge in [-0.25, -0.2) is 0 Å². The fraction of sp³-hybridized carbons (Fsp3) is 0.250. The maximum atomic E-state index is 5.36. The summed E-state index contributed by atoms with van der Waals surface area (Å²) in [6.07, 6.45) is 4.20. The molecule has 1 aromatic rings. The van der Waals surface area contributed by atoms with Gasteiger partial charge in [-0.1, -0.05) is 6.08 Å². The molecule has 1 atom stereocenters. The van der Waals surface area contributed by atoms with Crippen LogP contribution in [0.15, 0.2) is 34.1 Å².